The summed E-state index contributed by atoms with van der Waals surface area (Å²) < 4.78 is 0. The van der Waals surface area contributed by atoms with Crippen LogP contribution in [-0.2, 0) is 6.42 Å². The summed E-state index contributed by atoms with van der Waals surface area (Å²) in [5.41, 5.74) is 1.14. The molecule has 2 heterocycles. The van der Waals surface area contributed by atoms with E-state index in [1.54, 1.807) is 17.5 Å². The third-order valence-corrected chi connectivity index (χ3v) is 2.76. The van der Waals surface area contributed by atoms with E-state index in [-0.39, 0.29) is 0 Å². The molecule has 0 saturated heterocycles. The van der Waals surface area contributed by atoms with E-state index in [0.717, 1.165) is 29.5 Å². The number of hydrogen-bond donors (Lipinski definition) is 1. The second-order valence-corrected chi connectivity index (χ2v) is 4.19. The monoisotopic (exact) mass is 220 g/mol. The van der Waals surface area contributed by atoms with Gasteiger partial charge in [-0.1, -0.05) is 0 Å². The molecule has 0 amide bonds. The first-order valence-corrected chi connectivity index (χ1v) is 5.63. The van der Waals surface area contributed by atoms with Crippen LogP contribution in [0.5, 0.6) is 0 Å². The Kier molecular flexibility index (Phi) is 3.24. The number of nitrogens with one attached hydrogen (secondary N) is 1. The Morgan fingerprint density at radius 3 is 3.07 bits per heavy atom. The molecule has 0 aromatic carbocycles. The van der Waals surface area contributed by atoms with Crippen molar-refractivity contribution in [3.63, 3.8) is 0 Å². The highest BCUT2D eigenvalue weighted by molar-refractivity contribution is 7.09. The van der Waals surface area contributed by atoms with Crippen molar-refractivity contribution in [3.8, 4) is 0 Å². The molecule has 0 fully saturated rings. The van der Waals surface area contributed by atoms with E-state index in [1.807, 2.05) is 13.0 Å². The van der Waals surface area contributed by atoms with Crippen LogP contribution < -0.4 is 5.32 Å². The maximum atomic E-state index is 4.39. The lowest BCUT2D eigenvalue weighted by Crippen LogP contribution is -2.06. The molecule has 2 aromatic heterocycles. The smallest absolute Gasteiger partial charge is 0.129 e. The Bertz CT molecular complexity index is 412. The first-order valence-electron chi connectivity index (χ1n) is 4.75. The SMILES string of the molecule is Cc1nc(CCNc2ccncn2)cs1. The zero-order chi connectivity index (χ0) is 10.5. The first-order chi connectivity index (χ1) is 7.34. The van der Waals surface area contributed by atoms with Crippen molar-refractivity contribution in [1.82, 2.24) is 15.0 Å². The molecule has 15 heavy (non-hydrogen) atoms. The topological polar surface area (TPSA) is 50.7 Å². The second-order valence-electron chi connectivity index (χ2n) is 3.13. The Labute approximate surface area is 92.4 Å². The first kappa shape index (κ1) is 10.0. The molecule has 2 aromatic rings. The van der Waals surface area contributed by atoms with E-state index in [1.165, 1.54) is 6.33 Å². The van der Waals surface area contributed by atoms with Gasteiger partial charge in [-0.25, -0.2) is 15.0 Å². The van der Waals surface area contributed by atoms with Gasteiger partial charge in [0.15, 0.2) is 0 Å². The van der Waals surface area contributed by atoms with Crippen molar-refractivity contribution >= 4 is 17.2 Å². The van der Waals surface area contributed by atoms with Crippen LogP contribution in [0.1, 0.15) is 10.7 Å². The summed E-state index contributed by atoms with van der Waals surface area (Å²) in [5, 5.41) is 6.43. The molecule has 0 radical (unpaired) electrons. The predicted molar refractivity (Wildman–Crippen MR) is 61.1 cm³/mol. The van der Waals surface area contributed by atoms with Gasteiger partial charge in [0, 0.05) is 24.5 Å². The van der Waals surface area contributed by atoms with Gasteiger partial charge in [0.1, 0.15) is 12.1 Å². The highest BCUT2D eigenvalue weighted by atomic mass is 32.1. The fourth-order valence-corrected chi connectivity index (χ4v) is 1.88. The van der Waals surface area contributed by atoms with Crippen molar-refractivity contribution in [2.75, 3.05) is 11.9 Å². The molecule has 4 nitrogen and oxygen atoms in total. The summed E-state index contributed by atoms with van der Waals surface area (Å²) in [5.74, 6) is 0.858. The average molecular weight is 220 g/mol. The third-order valence-electron chi connectivity index (χ3n) is 1.94. The maximum Gasteiger partial charge on any atom is 0.129 e. The minimum Gasteiger partial charge on any atom is -0.370 e. The molecule has 0 saturated carbocycles. The molecule has 0 atom stereocenters. The average Bonchev–Trinajstić information content (AvgIpc) is 2.66. The van der Waals surface area contributed by atoms with E-state index in [9.17, 15) is 0 Å². The quantitative estimate of drug-likeness (QED) is 0.855. The minimum atomic E-state index is 0.847. The zero-order valence-electron chi connectivity index (χ0n) is 8.47. The van der Waals surface area contributed by atoms with Crippen molar-refractivity contribution in [1.29, 1.82) is 0 Å². The van der Waals surface area contributed by atoms with Crippen molar-refractivity contribution < 1.29 is 0 Å². The van der Waals surface area contributed by atoms with Crippen LogP contribution in [0.15, 0.2) is 24.0 Å². The summed E-state index contributed by atoms with van der Waals surface area (Å²) in [7, 11) is 0. The summed E-state index contributed by atoms with van der Waals surface area (Å²) in [4.78, 5) is 12.3. The second kappa shape index (κ2) is 4.84. The van der Waals surface area contributed by atoms with Gasteiger partial charge in [-0.3, -0.25) is 0 Å². The molecule has 1 N–H and O–H groups in total. The lowest BCUT2D eigenvalue weighted by Gasteiger charge is -2.02. The number of anilines is 1. The van der Waals surface area contributed by atoms with Gasteiger partial charge >= 0.3 is 0 Å². The van der Waals surface area contributed by atoms with Gasteiger partial charge in [-0.15, -0.1) is 11.3 Å². The number of rotatable bonds is 4. The van der Waals surface area contributed by atoms with E-state index < -0.39 is 0 Å². The van der Waals surface area contributed by atoms with Crippen molar-refractivity contribution in [2.45, 2.75) is 13.3 Å². The number of hydrogen-bond acceptors (Lipinski definition) is 5. The van der Waals surface area contributed by atoms with E-state index >= 15 is 0 Å². The fourth-order valence-electron chi connectivity index (χ4n) is 1.24. The molecule has 0 unspecified atom stereocenters. The van der Waals surface area contributed by atoms with Gasteiger partial charge in [0.25, 0.3) is 0 Å². The van der Waals surface area contributed by atoms with Crippen LogP contribution in [-0.4, -0.2) is 21.5 Å². The van der Waals surface area contributed by atoms with Gasteiger partial charge in [-0.05, 0) is 13.0 Å². The van der Waals surface area contributed by atoms with Crippen molar-refractivity contribution in [2.24, 2.45) is 0 Å². The van der Waals surface area contributed by atoms with Crippen molar-refractivity contribution in [3.05, 3.63) is 34.7 Å². The molecule has 0 spiro atoms. The van der Waals surface area contributed by atoms with Gasteiger partial charge in [-0.2, -0.15) is 0 Å². The predicted octanol–water partition coefficient (Wildman–Crippen LogP) is 1.90. The number of aromatic nitrogens is 3. The Balaban J connectivity index is 1.80. The van der Waals surface area contributed by atoms with Crippen LogP contribution in [0, 0.1) is 6.92 Å². The molecule has 5 heteroatoms. The van der Waals surface area contributed by atoms with E-state index in [2.05, 4.69) is 25.6 Å². The standard InChI is InChI=1S/C10H12N4S/c1-8-14-9(6-15-8)2-5-12-10-3-4-11-7-13-10/h3-4,6-7H,2,5H2,1H3,(H,11,12,13). The Hall–Kier alpha value is -1.49. The van der Waals surface area contributed by atoms with Gasteiger partial charge in [0.05, 0.1) is 10.7 Å². The summed E-state index contributed by atoms with van der Waals surface area (Å²) in [6.45, 7) is 2.87. The number of thiazole rings is 1. The molecule has 2 rings (SSSR count). The lowest BCUT2D eigenvalue weighted by atomic mass is 10.3. The van der Waals surface area contributed by atoms with Crippen LogP contribution >= 0.6 is 11.3 Å². The summed E-state index contributed by atoms with van der Waals surface area (Å²) >= 11 is 1.69. The third kappa shape index (κ3) is 2.99. The zero-order valence-corrected chi connectivity index (χ0v) is 9.29. The lowest BCUT2D eigenvalue weighted by molar-refractivity contribution is 0.957. The summed E-state index contributed by atoms with van der Waals surface area (Å²) in [6, 6.07) is 1.85. The molecule has 0 aliphatic rings. The van der Waals surface area contributed by atoms with Crippen LogP contribution in [0.25, 0.3) is 0 Å². The van der Waals surface area contributed by atoms with Gasteiger partial charge in [0.2, 0.25) is 0 Å². The molecule has 0 aliphatic heterocycles. The molecule has 0 bridgehead atoms. The van der Waals surface area contributed by atoms with Crippen LogP contribution in [0.3, 0.4) is 0 Å². The van der Waals surface area contributed by atoms with Gasteiger partial charge < -0.3 is 5.32 Å². The number of nitrogens with zero attached hydrogens (tertiary/aromatic N) is 3. The fraction of sp³-hybridized carbons (Fsp3) is 0.300. The summed E-state index contributed by atoms with van der Waals surface area (Å²) in [6.07, 6.45) is 4.19. The molecule has 78 valence electrons. The molecular weight excluding hydrogens is 208 g/mol. The largest absolute Gasteiger partial charge is 0.370 e. The maximum absolute atomic E-state index is 4.39. The van der Waals surface area contributed by atoms with E-state index in [4.69, 9.17) is 0 Å². The van der Waals surface area contributed by atoms with Crippen LogP contribution in [0.2, 0.25) is 0 Å². The Morgan fingerprint density at radius 1 is 1.47 bits per heavy atom. The minimum absolute atomic E-state index is 0.847. The van der Waals surface area contributed by atoms with E-state index in [0.29, 0.717) is 0 Å². The number of aryl methyl sites for hydroxylation is 1. The normalized spacial score (nSPS) is 10.2. The highest BCUT2D eigenvalue weighted by Gasteiger charge is 1.98. The Morgan fingerprint density at radius 2 is 2.40 bits per heavy atom. The molecule has 0 aliphatic carbocycles. The highest BCUT2D eigenvalue weighted by Crippen LogP contribution is 2.08. The van der Waals surface area contributed by atoms with Crippen LogP contribution in [0.4, 0.5) is 5.82 Å². The molecular formula is C10H12N4S.